The Morgan fingerprint density at radius 3 is 2.50 bits per heavy atom. The van der Waals surface area contributed by atoms with E-state index in [-0.39, 0.29) is 0 Å². The van der Waals surface area contributed by atoms with Gasteiger partial charge >= 0.3 is 0 Å². The third kappa shape index (κ3) is 1.62. The van der Waals surface area contributed by atoms with Crippen molar-refractivity contribution in [2.75, 3.05) is 0 Å². The Morgan fingerprint density at radius 1 is 1.42 bits per heavy atom. The lowest BCUT2D eigenvalue weighted by atomic mass is 9.98. The van der Waals surface area contributed by atoms with Gasteiger partial charge in [0, 0.05) is 11.5 Å². The number of terminal acetylenes is 1. The molecule has 1 heteroatoms. The van der Waals surface area contributed by atoms with Crippen LogP contribution in [0.3, 0.4) is 0 Å². The molecule has 0 saturated heterocycles. The molecule has 0 N–H and O–H groups in total. The fraction of sp³-hybridized carbons (Fsp3) is 0.182. The molecule has 1 radical (unpaired) electrons. The highest BCUT2D eigenvalue weighted by molar-refractivity contribution is 6.31. The summed E-state index contributed by atoms with van der Waals surface area (Å²) in [4.78, 5) is 0. The van der Waals surface area contributed by atoms with E-state index in [2.05, 4.69) is 5.92 Å². The topological polar surface area (TPSA) is 0 Å². The molecule has 61 valence electrons. The van der Waals surface area contributed by atoms with Crippen LogP contribution in [0.25, 0.3) is 0 Å². The van der Waals surface area contributed by atoms with Crippen molar-refractivity contribution < 1.29 is 0 Å². The fourth-order valence-corrected chi connectivity index (χ4v) is 1.32. The Labute approximate surface area is 78.6 Å². The van der Waals surface area contributed by atoms with Crippen molar-refractivity contribution in [3.63, 3.8) is 0 Å². The van der Waals surface area contributed by atoms with E-state index in [9.17, 15) is 0 Å². The molecule has 0 aliphatic carbocycles. The van der Waals surface area contributed by atoms with Crippen LogP contribution in [0.5, 0.6) is 0 Å². The van der Waals surface area contributed by atoms with Gasteiger partial charge in [-0.25, -0.2) is 0 Å². The molecule has 0 heterocycles. The minimum absolute atomic E-state index is 0.649. The lowest BCUT2D eigenvalue weighted by Gasteiger charge is -2.08. The van der Waals surface area contributed by atoms with Crippen molar-refractivity contribution in [2.45, 2.75) is 13.8 Å². The molecule has 0 fully saturated rings. The molecular formula is C11H10Cl. The number of hydrogen-bond acceptors (Lipinski definition) is 0. The van der Waals surface area contributed by atoms with Gasteiger partial charge in [0.05, 0.1) is 5.02 Å². The summed E-state index contributed by atoms with van der Waals surface area (Å²) in [5.74, 6) is 3.78. The normalized spacial score (nSPS) is 9.92. The summed E-state index contributed by atoms with van der Waals surface area (Å²) in [6.45, 7) is 4.04. The maximum Gasteiger partial charge on any atom is 0.0565 e. The Bertz CT molecular complexity index is 318. The molecule has 0 saturated carbocycles. The second kappa shape index (κ2) is 3.65. The van der Waals surface area contributed by atoms with E-state index in [1.54, 1.807) is 0 Å². The van der Waals surface area contributed by atoms with Crippen LogP contribution in [0.1, 0.15) is 25.0 Å². The molecule has 1 aromatic rings. The summed E-state index contributed by atoms with van der Waals surface area (Å²) in [6.07, 6.45) is 5.34. The first kappa shape index (κ1) is 9.16. The predicted molar refractivity (Wildman–Crippen MR) is 53.1 cm³/mol. The maximum absolute atomic E-state index is 5.92. The Morgan fingerprint density at radius 2 is 2.08 bits per heavy atom. The molecule has 1 rings (SSSR count). The van der Waals surface area contributed by atoms with Crippen LogP contribution in [-0.2, 0) is 0 Å². The van der Waals surface area contributed by atoms with Crippen LogP contribution < -0.4 is 0 Å². The number of halogens is 1. The van der Waals surface area contributed by atoms with E-state index in [1.807, 2.05) is 32.0 Å². The van der Waals surface area contributed by atoms with Crippen molar-refractivity contribution in [2.24, 2.45) is 0 Å². The molecule has 0 bridgehead atoms. The van der Waals surface area contributed by atoms with E-state index in [1.165, 1.54) is 5.92 Å². The largest absolute Gasteiger partial charge is 0.115 e. The first-order chi connectivity index (χ1) is 5.66. The van der Waals surface area contributed by atoms with Gasteiger partial charge in [0.25, 0.3) is 0 Å². The zero-order valence-electron chi connectivity index (χ0n) is 7.19. The van der Waals surface area contributed by atoms with Crippen molar-refractivity contribution >= 4 is 11.6 Å². The van der Waals surface area contributed by atoms with Crippen LogP contribution in [0.4, 0.5) is 0 Å². The second-order valence-corrected chi connectivity index (χ2v) is 3.21. The molecule has 0 atom stereocenters. The lowest BCUT2D eigenvalue weighted by Crippen LogP contribution is -1.93. The molecular weight excluding hydrogens is 168 g/mol. The molecule has 0 aliphatic heterocycles. The summed E-state index contributed by atoms with van der Waals surface area (Å²) in [6, 6.07) is 5.70. The van der Waals surface area contributed by atoms with Gasteiger partial charge in [0.2, 0.25) is 0 Å². The van der Waals surface area contributed by atoms with E-state index < -0.39 is 0 Å². The Balaban J connectivity index is 3.30. The van der Waals surface area contributed by atoms with Crippen molar-refractivity contribution in [1.82, 2.24) is 0 Å². The molecule has 1 aromatic carbocycles. The first-order valence-electron chi connectivity index (χ1n) is 3.72. The summed E-state index contributed by atoms with van der Waals surface area (Å²) in [5.41, 5.74) is 1.85. The predicted octanol–water partition coefficient (Wildman–Crippen LogP) is 3.28. The van der Waals surface area contributed by atoms with E-state index >= 15 is 0 Å². The molecule has 12 heavy (non-hydrogen) atoms. The molecule has 0 aliphatic rings. The monoisotopic (exact) mass is 177 g/mol. The minimum atomic E-state index is 0.649. The van der Waals surface area contributed by atoms with Crippen molar-refractivity contribution in [3.05, 3.63) is 40.3 Å². The average Bonchev–Trinajstić information content (AvgIpc) is 2.03. The zero-order chi connectivity index (χ0) is 9.14. The molecule has 0 aromatic heterocycles. The van der Waals surface area contributed by atoms with Gasteiger partial charge in [0.15, 0.2) is 0 Å². The SMILES string of the molecule is C#Cc1c(Cl)cccc1[C](C)C. The maximum atomic E-state index is 5.92. The van der Waals surface area contributed by atoms with Gasteiger partial charge < -0.3 is 0 Å². The van der Waals surface area contributed by atoms with E-state index in [4.69, 9.17) is 18.0 Å². The Hall–Kier alpha value is -0.930. The van der Waals surface area contributed by atoms with Gasteiger partial charge in [-0.15, -0.1) is 6.42 Å². The van der Waals surface area contributed by atoms with Crippen LogP contribution in [0.2, 0.25) is 5.02 Å². The fourth-order valence-electron chi connectivity index (χ4n) is 1.09. The average molecular weight is 178 g/mol. The number of hydrogen-bond donors (Lipinski definition) is 0. The third-order valence-electron chi connectivity index (χ3n) is 1.70. The zero-order valence-corrected chi connectivity index (χ0v) is 7.94. The van der Waals surface area contributed by atoms with Crippen LogP contribution >= 0.6 is 11.6 Å². The minimum Gasteiger partial charge on any atom is -0.115 e. The summed E-state index contributed by atoms with van der Waals surface area (Å²) < 4.78 is 0. The summed E-state index contributed by atoms with van der Waals surface area (Å²) >= 11 is 5.92. The number of rotatable bonds is 1. The second-order valence-electron chi connectivity index (χ2n) is 2.81. The third-order valence-corrected chi connectivity index (χ3v) is 2.01. The Kier molecular flexibility index (Phi) is 2.78. The van der Waals surface area contributed by atoms with Gasteiger partial charge in [-0.1, -0.05) is 43.5 Å². The van der Waals surface area contributed by atoms with Crippen molar-refractivity contribution in [1.29, 1.82) is 0 Å². The first-order valence-corrected chi connectivity index (χ1v) is 4.10. The molecule has 0 amide bonds. The van der Waals surface area contributed by atoms with Gasteiger partial charge in [0.1, 0.15) is 0 Å². The highest BCUT2D eigenvalue weighted by Crippen LogP contribution is 2.24. The van der Waals surface area contributed by atoms with Crippen molar-refractivity contribution in [3.8, 4) is 12.3 Å². The standard InChI is InChI=1S/C11H10Cl/c1-4-9-10(8(2)3)6-5-7-11(9)12/h1,5-7H,2-3H3. The van der Waals surface area contributed by atoms with Crippen LogP contribution in [0.15, 0.2) is 18.2 Å². The summed E-state index contributed by atoms with van der Waals surface area (Å²) in [7, 11) is 0. The van der Waals surface area contributed by atoms with Gasteiger partial charge in [-0.3, -0.25) is 0 Å². The van der Waals surface area contributed by atoms with Crippen LogP contribution in [-0.4, -0.2) is 0 Å². The quantitative estimate of drug-likeness (QED) is 0.578. The number of benzene rings is 1. The van der Waals surface area contributed by atoms with Gasteiger partial charge in [-0.2, -0.15) is 0 Å². The van der Waals surface area contributed by atoms with Crippen LogP contribution in [0, 0.1) is 18.3 Å². The van der Waals surface area contributed by atoms with E-state index in [0.29, 0.717) is 5.02 Å². The molecule has 0 unspecified atom stereocenters. The summed E-state index contributed by atoms with van der Waals surface area (Å²) in [5, 5.41) is 0.649. The lowest BCUT2D eigenvalue weighted by molar-refractivity contribution is 1.14. The smallest absolute Gasteiger partial charge is 0.0565 e. The van der Waals surface area contributed by atoms with Gasteiger partial charge in [-0.05, 0) is 11.6 Å². The highest BCUT2D eigenvalue weighted by atomic mass is 35.5. The van der Waals surface area contributed by atoms with E-state index in [0.717, 1.165) is 11.1 Å². The molecule has 0 nitrogen and oxygen atoms in total. The molecule has 0 spiro atoms. The highest BCUT2D eigenvalue weighted by Gasteiger charge is 2.07.